The van der Waals surface area contributed by atoms with Crippen molar-refractivity contribution < 1.29 is 4.74 Å². The van der Waals surface area contributed by atoms with Gasteiger partial charge in [-0.3, -0.25) is 0 Å². The molecule has 35 heavy (non-hydrogen) atoms. The standard InChI is InChI=1S/C29H37N5O/c1-8-10-17-33(9-2)22-16-15-21(20(3)18-22)19-24-26(29(4,5)6)32-34-27(30-31-28(24)34)23-13-11-12-14-25(23)35-7/h11-16,18-19H,8-10,17H2,1-7H3. The number of hydrogen-bond acceptors (Lipinski definition) is 5. The normalized spacial score (nSPS) is 12.5. The van der Waals surface area contributed by atoms with Gasteiger partial charge < -0.3 is 9.64 Å². The third-order valence-electron chi connectivity index (χ3n) is 6.48. The monoisotopic (exact) mass is 471 g/mol. The Balaban J connectivity index is 1.86. The fourth-order valence-electron chi connectivity index (χ4n) is 4.48. The first-order valence-corrected chi connectivity index (χ1v) is 12.5. The molecule has 0 unspecified atom stereocenters. The Kier molecular flexibility index (Phi) is 7.10. The van der Waals surface area contributed by atoms with Gasteiger partial charge in [0.2, 0.25) is 0 Å². The highest BCUT2D eigenvalue weighted by molar-refractivity contribution is 5.69. The van der Waals surface area contributed by atoms with Crippen LogP contribution in [0.3, 0.4) is 0 Å². The Morgan fingerprint density at radius 2 is 1.83 bits per heavy atom. The molecule has 0 saturated carbocycles. The van der Waals surface area contributed by atoms with Gasteiger partial charge in [-0.2, -0.15) is 9.61 Å². The number of hydrogen-bond donors (Lipinski definition) is 0. The molecule has 0 bridgehead atoms. The van der Waals surface area contributed by atoms with Crippen LogP contribution in [0, 0.1) is 6.92 Å². The highest BCUT2D eigenvalue weighted by atomic mass is 16.5. The van der Waals surface area contributed by atoms with Crippen molar-refractivity contribution >= 4 is 17.4 Å². The van der Waals surface area contributed by atoms with Gasteiger partial charge in [-0.15, -0.1) is 10.2 Å². The SMILES string of the molecule is CCCCN(CC)c1ccc(C=c2c(C(C)(C)C)nn3c(-c4ccccc4OC)nnc23)c(C)c1. The van der Waals surface area contributed by atoms with Crippen molar-refractivity contribution in [2.75, 3.05) is 25.1 Å². The molecule has 0 radical (unpaired) electrons. The van der Waals surface area contributed by atoms with Gasteiger partial charge >= 0.3 is 0 Å². The summed E-state index contributed by atoms with van der Waals surface area (Å²) in [5.41, 5.74) is 6.16. The fraction of sp³-hybridized carbons (Fsp3) is 0.414. The number of unbranched alkanes of at least 4 members (excludes halogenated alkanes) is 1. The largest absolute Gasteiger partial charge is 0.496 e. The fourth-order valence-corrected chi connectivity index (χ4v) is 4.48. The maximum absolute atomic E-state index is 5.58. The Hall–Kier alpha value is -3.41. The minimum Gasteiger partial charge on any atom is -0.496 e. The number of fused-ring (bicyclic) bond motifs is 1. The Morgan fingerprint density at radius 1 is 1.06 bits per heavy atom. The molecule has 184 valence electrons. The number of ether oxygens (including phenoxy) is 1. The summed E-state index contributed by atoms with van der Waals surface area (Å²) in [6, 6.07) is 14.6. The zero-order valence-corrected chi connectivity index (χ0v) is 22.1. The molecule has 0 saturated heterocycles. The molecule has 2 aromatic heterocycles. The predicted octanol–water partition coefficient (Wildman–Crippen LogP) is 5.58. The van der Waals surface area contributed by atoms with Gasteiger partial charge in [-0.1, -0.05) is 52.3 Å². The summed E-state index contributed by atoms with van der Waals surface area (Å²) in [5.74, 6) is 1.44. The molecule has 6 heteroatoms. The summed E-state index contributed by atoms with van der Waals surface area (Å²) in [6.07, 6.45) is 4.62. The first kappa shape index (κ1) is 24.7. The highest BCUT2D eigenvalue weighted by Crippen LogP contribution is 2.29. The minimum atomic E-state index is -0.155. The van der Waals surface area contributed by atoms with Crippen molar-refractivity contribution in [3.63, 3.8) is 0 Å². The lowest BCUT2D eigenvalue weighted by molar-refractivity contribution is 0.416. The molecular weight excluding hydrogens is 434 g/mol. The second kappa shape index (κ2) is 10.1. The predicted molar refractivity (Wildman–Crippen MR) is 144 cm³/mol. The topological polar surface area (TPSA) is 55.6 Å². The maximum Gasteiger partial charge on any atom is 0.189 e. The molecule has 0 N–H and O–H groups in total. The second-order valence-electron chi connectivity index (χ2n) is 10.1. The van der Waals surface area contributed by atoms with Crippen molar-refractivity contribution in [1.82, 2.24) is 19.8 Å². The van der Waals surface area contributed by atoms with Crippen LogP contribution in [-0.2, 0) is 5.41 Å². The number of aromatic nitrogens is 4. The Bertz CT molecular complexity index is 1370. The number of para-hydroxylation sites is 1. The van der Waals surface area contributed by atoms with E-state index in [4.69, 9.17) is 9.84 Å². The zero-order chi connectivity index (χ0) is 25.2. The van der Waals surface area contributed by atoms with Gasteiger partial charge in [-0.05, 0) is 61.7 Å². The molecule has 0 aliphatic carbocycles. The number of anilines is 1. The van der Waals surface area contributed by atoms with E-state index in [1.807, 2.05) is 28.8 Å². The van der Waals surface area contributed by atoms with Gasteiger partial charge in [0.25, 0.3) is 0 Å². The molecule has 4 aromatic rings. The van der Waals surface area contributed by atoms with Crippen molar-refractivity contribution in [3.05, 3.63) is 64.5 Å². The molecule has 0 amide bonds. The lowest BCUT2D eigenvalue weighted by Gasteiger charge is -2.23. The van der Waals surface area contributed by atoms with Crippen LogP contribution in [0.15, 0.2) is 42.5 Å². The number of methoxy groups -OCH3 is 1. The molecule has 0 atom stereocenters. The van der Waals surface area contributed by atoms with E-state index in [0.29, 0.717) is 5.82 Å². The molecule has 2 heterocycles. The van der Waals surface area contributed by atoms with E-state index in [1.165, 1.54) is 29.7 Å². The quantitative estimate of drug-likeness (QED) is 0.336. The molecule has 0 aliphatic heterocycles. The molecule has 0 fully saturated rings. The van der Waals surface area contributed by atoms with Crippen LogP contribution in [0.4, 0.5) is 5.69 Å². The van der Waals surface area contributed by atoms with Crippen molar-refractivity contribution in [2.24, 2.45) is 0 Å². The summed E-state index contributed by atoms with van der Waals surface area (Å²) in [4.78, 5) is 2.45. The molecule has 4 rings (SSSR count). The van der Waals surface area contributed by atoms with E-state index in [2.05, 4.69) is 80.9 Å². The minimum absolute atomic E-state index is 0.155. The van der Waals surface area contributed by atoms with Crippen LogP contribution in [0.1, 0.15) is 64.3 Å². The van der Waals surface area contributed by atoms with Crippen LogP contribution in [-0.4, -0.2) is 40.0 Å². The van der Waals surface area contributed by atoms with Crippen LogP contribution in [0.5, 0.6) is 5.75 Å². The third kappa shape index (κ3) is 4.88. The summed E-state index contributed by atoms with van der Waals surface area (Å²) in [6.45, 7) is 15.3. The zero-order valence-electron chi connectivity index (χ0n) is 22.1. The van der Waals surface area contributed by atoms with Gasteiger partial charge in [-0.25, -0.2) is 0 Å². The van der Waals surface area contributed by atoms with Gasteiger partial charge in [0.1, 0.15) is 5.75 Å². The van der Waals surface area contributed by atoms with Gasteiger partial charge in [0.15, 0.2) is 11.5 Å². The lowest BCUT2D eigenvalue weighted by Crippen LogP contribution is -2.24. The van der Waals surface area contributed by atoms with Gasteiger partial charge in [0, 0.05) is 29.4 Å². The van der Waals surface area contributed by atoms with Crippen LogP contribution < -0.4 is 14.9 Å². The Morgan fingerprint density at radius 3 is 2.49 bits per heavy atom. The average Bonchev–Trinajstić information content (AvgIpc) is 3.41. The van der Waals surface area contributed by atoms with E-state index in [-0.39, 0.29) is 5.41 Å². The molecule has 2 aromatic carbocycles. The number of benzene rings is 2. The summed E-state index contributed by atoms with van der Waals surface area (Å²) in [5, 5.41) is 15.1. The summed E-state index contributed by atoms with van der Waals surface area (Å²) < 4.78 is 7.44. The Labute approximate surface area is 208 Å². The van der Waals surface area contributed by atoms with Crippen LogP contribution >= 0.6 is 0 Å². The molecule has 0 aliphatic rings. The number of rotatable bonds is 8. The molecule has 0 spiro atoms. The first-order chi connectivity index (χ1) is 16.8. The maximum atomic E-state index is 5.58. The highest BCUT2D eigenvalue weighted by Gasteiger charge is 2.25. The first-order valence-electron chi connectivity index (χ1n) is 12.5. The average molecular weight is 472 g/mol. The van der Waals surface area contributed by atoms with E-state index in [9.17, 15) is 0 Å². The van der Waals surface area contributed by atoms with E-state index >= 15 is 0 Å². The van der Waals surface area contributed by atoms with Crippen LogP contribution in [0.2, 0.25) is 0 Å². The van der Waals surface area contributed by atoms with E-state index in [1.54, 1.807) is 7.11 Å². The van der Waals surface area contributed by atoms with Crippen LogP contribution in [0.25, 0.3) is 23.1 Å². The summed E-state index contributed by atoms with van der Waals surface area (Å²) in [7, 11) is 1.67. The van der Waals surface area contributed by atoms with Gasteiger partial charge in [0.05, 0.1) is 18.4 Å². The molecule has 6 nitrogen and oxygen atoms in total. The lowest BCUT2D eigenvalue weighted by atomic mass is 9.90. The molecular formula is C29H37N5O. The van der Waals surface area contributed by atoms with E-state index < -0.39 is 0 Å². The smallest absolute Gasteiger partial charge is 0.189 e. The van der Waals surface area contributed by atoms with Crippen molar-refractivity contribution in [1.29, 1.82) is 0 Å². The third-order valence-corrected chi connectivity index (χ3v) is 6.48. The number of nitrogens with zero attached hydrogens (tertiary/aromatic N) is 5. The van der Waals surface area contributed by atoms with Crippen molar-refractivity contribution in [3.8, 4) is 17.1 Å². The van der Waals surface area contributed by atoms with E-state index in [0.717, 1.165) is 41.0 Å². The summed E-state index contributed by atoms with van der Waals surface area (Å²) >= 11 is 0. The van der Waals surface area contributed by atoms with Crippen molar-refractivity contribution in [2.45, 2.75) is 59.8 Å². The number of aryl methyl sites for hydroxylation is 1. The second-order valence-corrected chi connectivity index (χ2v) is 10.1.